The Bertz CT molecular complexity index is 412. The number of amidine groups is 1. The number of Topliss-reactive ketones (excluding diaryl/α,β-unsaturated/α-hetero) is 1. The zero-order chi connectivity index (χ0) is 15.7. The fourth-order valence-corrected chi connectivity index (χ4v) is 2.44. The van der Waals surface area contributed by atoms with Crippen LogP contribution in [0.4, 0.5) is 0 Å². The Hall–Kier alpha value is -1.58. The van der Waals surface area contributed by atoms with Crippen molar-refractivity contribution in [1.82, 2.24) is 4.90 Å². The summed E-state index contributed by atoms with van der Waals surface area (Å²) in [5, 5.41) is 0. The first-order valence-electron chi connectivity index (χ1n) is 8.06. The average Bonchev–Trinajstić information content (AvgIpc) is 2.47. The summed E-state index contributed by atoms with van der Waals surface area (Å²) in [6.45, 7) is 9.11. The topological polar surface area (TPSA) is 58.7 Å². The molecule has 2 N–H and O–H groups in total. The second-order valence-electron chi connectivity index (χ2n) is 5.71. The van der Waals surface area contributed by atoms with Gasteiger partial charge in [-0.15, -0.1) is 0 Å². The Morgan fingerprint density at radius 1 is 1.38 bits per heavy atom. The van der Waals surface area contributed by atoms with Crippen molar-refractivity contribution in [2.45, 2.75) is 58.8 Å². The molecule has 0 aromatic heterocycles. The molecule has 4 heteroatoms. The Kier molecular flexibility index (Phi) is 7.80. The van der Waals surface area contributed by atoms with Crippen LogP contribution in [-0.2, 0) is 4.79 Å². The van der Waals surface area contributed by atoms with Crippen molar-refractivity contribution in [1.29, 1.82) is 0 Å². The molecule has 1 atom stereocenters. The highest BCUT2D eigenvalue weighted by Crippen LogP contribution is 2.19. The maximum atomic E-state index is 11.7. The van der Waals surface area contributed by atoms with Crippen molar-refractivity contribution in [2.75, 3.05) is 6.54 Å². The molecule has 1 aliphatic rings. The first kappa shape index (κ1) is 17.5. The fraction of sp³-hybridized carbons (Fsp3) is 0.647. The molecule has 0 amide bonds. The normalized spacial score (nSPS) is 16.0. The van der Waals surface area contributed by atoms with Crippen LogP contribution in [0.1, 0.15) is 58.8 Å². The summed E-state index contributed by atoms with van der Waals surface area (Å²) in [5.41, 5.74) is 5.63. The van der Waals surface area contributed by atoms with Gasteiger partial charge in [-0.2, -0.15) is 0 Å². The molecule has 21 heavy (non-hydrogen) atoms. The SMILES string of the molecule is C=C1N=C(N)C=CN1CC[C@H](CC)CCC(=O)CCCC. The lowest BCUT2D eigenvalue weighted by Crippen LogP contribution is -2.25. The van der Waals surface area contributed by atoms with E-state index in [9.17, 15) is 4.79 Å². The van der Waals surface area contributed by atoms with Crippen molar-refractivity contribution in [3.05, 3.63) is 24.7 Å². The Morgan fingerprint density at radius 3 is 2.76 bits per heavy atom. The van der Waals surface area contributed by atoms with E-state index in [0.29, 0.717) is 23.4 Å². The van der Waals surface area contributed by atoms with Gasteiger partial charge < -0.3 is 10.6 Å². The molecule has 0 radical (unpaired) electrons. The third-order valence-electron chi connectivity index (χ3n) is 4.01. The lowest BCUT2D eigenvalue weighted by atomic mass is 9.94. The predicted octanol–water partition coefficient (Wildman–Crippen LogP) is 3.60. The molecule has 0 fully saturated rings. The van der Waals surface area contributed by atoms with Gasteiger partial charge in [0.25, 0.3) is 0 Å². The van der Waals surface area contributed by atoms with Gasteiger partial charge in [0.2, 0.25) is 0 Å². The molecule has 0 aromatic carbocycles. The number of carbonyl (C=O) groups is 1. The van der Waals surface area contributed by atoms with Gasteiger partial charge in [-0.25, -0.2) is 4.99 Å². The monoisotopic (exact) mass is 291 g/mol. The third-order valence-corrected chi connectivity index (χ3v) is 4.01. The van der Waals surface area contributed by atoms with E-state index >= 15 is 0 Å². The minimum atomic E-state index is 0.412. The van der Waals surface area contributed by atoms with E-state index in [0.717, 1.165) is 51.5 Å². The predicted molar refractivity (Wildman–Crippen MR) is 88.8 cm³/mol. The lowest BCUT2D eigenvalue weighted by molar-refractivity contribution is -0.119. The van der Waals surface area contributed by atoms with Gasteiger partial charge in [-0.1, -0.05) is 33.3 Å². The maximum absolute atomic E-state index is 11.7. The van der Waals surface area contributed by atoms with Crippen LogP contribution < -0.4 is 5.73 Å². The second kappa shape index (κ2) is 9.37. The molecule has 0 aromatic rings. The summed E-state index contributed by atoms with van der Waals surface area (Å²) in [6.07, 6.45) is 10.5. The Balaban J connectivity index is 2.30. The van der Waals surface area contributed by atoms with Crippen molar-refractivity contribution in [3.8, 4) is 0 Å². The Labute approximate surface area is 128 Å². The molecule has 0 saturated carbocycles. The zero-order valence-electron chi connectivity index (χ0n) is 13.5. The van der Waals surface area contributed by atoms with Crippen LogP contribution in [0, 0.1) is 5.92 Å². The third kappa shape index (κ3) is 6.61. The maximum Gasteiger partial charge on any atom is 0.132 e. The highest BCUT2D eigenvalue weighted by atomic mass is 16.1. The summed E-state index contributed by atoms with van der Waals surface area (Å²) in [7, 11) is 0. The minimum Gasteiger partial charge on any atom is -0.384 e. The molecule has 4 nitrogen and oxygen atoms in total. The van der Waals surface area contributed by atoms with Gasteiger partial charge in [0.15, 0.2) is 0 Å². The molecule has 0 aliphatic carbocycles. The van der Waals surface area contributed by atoms with Crippen LogP contribution in [0.5, 0.6) is 0 Å². The van der Waals surface area contributed by atoms with Gasteiger partial charge in [0, 0.05) is 25.6 Å². The van der Waals surface area contributed by atoms with E-state index in [2.05, 4.69) is 25.4 Å². The van der Waals surface area contributed by atoms with Crippen molar-refractivity contribution >= 4 is 11.6 Å². The summed E-state index contributed by atoms with van der Waals surface area (Å²) in [4.78, 5) is 17.9. The zero-order valence-corrected chi connectivity index (χ0v) is 13.5. The molecule has 1 rings (SSSR count). The Morgan fingerprint density at radius 2 is 2.14 bits per heavy atom. The first-order valence-corrected chi connectivity index (χ1v) is 8.06. The van der Waals surface area contributed by atoms with Crippen LogP contribution in [0.25, 0.3) is 0 Å². The van der Waals surface area contributed by atoms with E-state index in [1.54, 1.807) is 6.08 Å². The molecule has 0 spiro atoms. The van der Waals surface area contributed by atoms with Gasteiger partial charge in [-0.05, 0) is 31.3 Å². The van der Waals surface area contributed by atoms with Gasteiger partial charge in [0.1, 0.15) is 17.4 Å². The van der Waals surface area contributed by atoms with Crippen molar-refractivity contribution in [2.24, 2.45) is 16.6 Å². The molecule has 0 unspecified atom stereocenters. The van der Waals surface area contributed by atoms with E-state index in [1.807, 2.05) is 11.1 Å². The second-order valence-corrected chi connectivity index (χ2v) is 5.71. The quantitative estimate of drug-likeness (QED) is 0.669. The van der Waals surface area contributed by atoms with Crippen LogP contribution in [0.2, 0.25) is 0 Å². The van der Waals surface area contributed by atoms with Crippen LogP contribution in [0.3, 0.4) is 0 Å². The number of ketones is 1. The molecule has 1 aliphatic heterocycles. The summed E-state index contributed by atoms with van der Waals surface area (Å²) in [5.74, 6) is 2.20. The van der Waals surface area contributed by atoms with Crippen LogP contribution in [-0.4, -0.2) is 23.1 Å². The van der Waals surface area contributed by atoms with E-state index < -0.39 is 0 Å². The molecule has 0 bridgehead atoms. The molecular weight excluding hydrogens is 262 g/mol. The highest BCUT2D eigenvalue weighted by Gasteiger charge is 2.13. The summed E-state index contributed by atoms with van der Waals surface area (Å²) in [6, 6.07) is 0. The number of nitrogens with zero attached hydrogens (tertiary/aromatic N) is 2. The number of aliphatic imine (C=N–C) groups is 1. The standard InChI is InChI=1S/C17H29N3O/c1-4-6-7-16(21)9-8-15(5-2)10-12-20-13-11-17(18)19-14(20)3/h11,13,15H,3-10,12H2,1-2H3,(H2,18,19)/t15-/m1/s1. The fourth-order valence-electron chi connectivity index (χ4n) is 2.44. The number of carbonyl (C=O) groups excluding carboxylic acids is 1. The van der Waals surface area contributed by atoms with Gasteiger partial charge >= 0.3 is 0 Å². The summed E-state index contributed by atoms with van der Waals surface area (Å²) >= 11 is 0. The van der Waals surface area contributed by atoms with Crippen molar-refractivity contribution < 1.29 is 4.79 Å². The number of unbranched alkanes of at least 4 members (excludes halogenated alkanes) is 1. The minimum absolute atomic E-state index is 0.412. The van der Waals surface area contributed by atoms with Crippen LogP contribution >= 0.6 is 0 Å². The largest absolute Gasteiger partial charge is 0.384 e. The highest BCUT2D eigenvalue weighted by molar-refractivity contribution is 5.92. The smallest absolute Gasteiger partial charge is 0.132 e. The molecule has 1 heterocycles. The lowest BCUT2D eigenvalue weighted by Gasteiger charge is -2.25. The van der Waals surface area contributed by atoms with E-state index in [1.165, 1.54) is 0 Å². The van der Waals surface area contributed by atoms with Crippen molar-refractivity contribution in [3.63, 3.8) is 0 Å². The summed E-state index contributed by atoms with van der Waals surface area (Å²) < 4.78 is 0. The van der Waals surface area contributed by atoms with E-state index in [-0.39, 0.29) is 0 Å². The number of nitrogens with two attached hydrogens (primary N) is 1. The van der Waals surface area contributed by atoms with E-state index in [4.69, 9.17) is 5.73 Å². The molecule has 0 saturated heterocycles. The van der Waals surface area contributed by atoms with Crippen LogP contribution in [0.15, 0.2) is 29.7 Å². The number of rotatable bonds is 10. The van der Waals surface area contributed by atoms with Gasteiger partial charge in [0.05, 0.1) is 0 Å². The average molecular weight is 291 g/mol. The molecule has 118 valence electrons. The number of hydrogen-bond acceptors (Lipinski definition) is 4. The first-order chi connectivity index (χ1) is 10.1. The molecular formula is C17H29N3O. The van der Waals surface area contributed by atoms with Gasteiger partial charge in [-0.3, -0.25) is 4.79 Å². The number of hydrogen-bond donors (Lipinski definition) is 1.